The minimum atomic E-state index is -1.20. The van der Waals surface area contributed by atoms with E-state index in [1.54, 1.807) is 29.2 Å². The molecule has 2 aromatic carbocycles. The Morgan fingerprint density at radius 3 is 2.40 bits per heavy atom. The molecule has 4 rings (SSSR count). The van der Waals surface area contributed by atoms with Gasteiger partial charge in [0, 0.05) is 37.7 Å². The number of likely N-dealkylation sites (N-methyl/N-ethyl adjacent to an activating group) is 1. The third-order valence-electron chi connectivity index (χ3n) is 6.34. The molecule has 0 N–H and O–H groups in total. The van der Waals surface area contributed by atoms with Crippen molar-refractivity contribution in [1.82, 2.24) is 14.7 Å². The van der Waals surface area contributed by atoms with E-state index in [-0.39, 0.29) is 38.6 Å². The number of amides is 2. The summed E-state index contributed by atoms with van der Waals surface area (Å²) in [6.45, 7) is 2.82. The van der Waals surface area contributed by atoms with E-state index < -0.39 is 28.7 Å². The molecule has 2 heterocycles. The summed E-state index contributed by atoms with van der Waals surface area (Å²) in [6, 6.07) is 10.1. The highest BCUT2D eigenvalue weighted by atomic mass is 35.5. The molecule has 188 valence electrons. The van der Waals surface area contributed by atoms with Gasteiger partial charge in [0.05, 0.1) is 19.6 Å². The number of piperazine rings is 1. The highest BCUT2D eigenvalue weighted by Crippen LogP contribution is 2.28. The molecule has 35 heavy (non-hydrogen) atoms. The molecule has 2 aliphatic rings. The van der Waals surface area contributed by atoms with E-state index >= 15 is 0 Å². The average molecular weight is 508 g/mol. The van der Waals surface area contributed by atoms with Crippen molar-refractivity contribution in [3.63, 3.8) is 0 Å². The molecule has 0 radical (unpaired) electrons. The molecule has 2 saturated heterocycles. The zero-order chi connectivity index (χ0) is 25.0. The van der Waals surface area contributed by atoms with Crippen LogP contribution < -0.4 is 4.74 Å². The number of nitrogens with zero attached hydrogens (tertiary/aromatic N) is 3. The highest BCUT2D eigenvalue weighted by Gasteiger charge is 2.43. The molecule has 0 saturated carbocycles. The van der Waals surface area contributed by atoms with Crippen LogP contribution >= 0.6 is 11.6 Å². The summed E-state index contributed by atoms with van der Waals surface area (Å²) in [7, 11) is 2.00. The predicted molar refractivity (Wildman–Crippen MR) is 127 cm³/mol. The minimum Gasteiger partial charge on any atom is -0.490 e. The van der Waals surface area contributed by atoms with Crippen molar-refractivity contribution in [2.75, 3.05) is 59.5 Å². The summed E-state index contributed by atoms with van der Waals surface area (Å²) >= 11 is 6.06. The van der Waals surface area contributed by atoms with Crippen molar-refractivity contribution in [1.29, 1.82) is 0 Å². The van der Waals surface area contributed by atoms with Crippen LogP contribution in [-0.4, -0.2) is 91.6 Å². The molecule has 2 fully saturated rings. The number of halogens is 3. The summed E-state index contributed by atoms with van der Waals surface area (Å²) in [5.41, 5.74) is -1.82. The zero-order valence-electron chi connectivity index (χ0n) is 19.5. The Morgan fingerprint density at radius 1 is 1.03 bits per heavy atom. The second kappa shape index (κ2) is 10.9. The van der Waals surface area contributed by atoms with Gasteiger partial charge in [-0.05, 0) is 37.4 Å². The first-order chi connectivity index (χ1) is 16.8. The molecule has 0 aromatic heterocycles. The van der Waals surface area contributed by atoms with E-state index in [9.17, 15) is 18.4 Å². The molecule has 2 amide bonds. The first kappa shape index (κ1) is 25.3. The van der Waals surface area contributed by atoms with Gasteiger partial charge in [0.2, 0.25) is 5.91 Å². The number of ether oxygens (including phenoxy) is 2. The van der Waals surface area contributed by atoms with E-state index in [2.05, 4.69) is 4.90 Å². The van der Waals surface area contributed by atoms with Crippen molar-refractivity contribution in [3.8, 4) is 5.75 Å². The van der Waals surface area contributed by atoms with Crippen molar-refractivity contribution < 1.29 is 27.8 Å². The molecule has 7 nitrogen and oxygen atoms in total. The van der Waals surface area contributed by atoms with Crippen LogP contribution in [0.1, 0.15) is 16.8 Å². The van der Waals surface area contributed by atoms with E-state index in [1.807, 2.05) is 7.05 Å². The minimum absolute atomic E-state index is 0.0409. The lowest BCUT2D eigenvalue weighted by Crippen LogP contribution is -2.59. The van der Waals surface area contributed by atoms with Gasteiger partial charge in [-0.15, -0.1) is 0 Å². The fraction of sp³-hybridized carbons (Fsp3) is 0.440. The second-order valence-corrected chi connectivity index (χ2v) is 9.40. The molecule has 0 spiro atoms. The third-order valence-corrected chi connectivity index (χ3v) is 6.57. The topological polar surface area (TPSA) is 62.3 Å². The zero-order valence-corrected chi connectivity index (χ0v) is 20.3. The molecule has 2 aliphatic heterocycles. The maximum absolute atomic E-state index is 14.3. The Morgan fingerprint density at radius 2 is 1.71 bits per heavy atom. The van der Waals surface area contributed by atoms with Gasteiger partial charge in [0.25, 0.3) is 5.91 Å². The number of rotatable bonds is 6. The van der Waals surface area contributed by atoms with Crippen LogP contribution in [0.15, 0.2) is 42.5 Å². The number of benzene rings is 2. The molecular weight excluding hydrogens is 480 g/mol. The van der Waals surface area contributed by atoms with Gasteiger partial charge in [0.15, 0.2) is 0 Å². The van der Waals surface area contributed by atoms with Crippen molar-refractivity contribution in [3.05, 3.63) is 64.7 Å². The van der Waals surface area contributed by atoms with Crippen molar-refractivity contribution >= 4 is 23.4 Å². The van der Waals surface area contributed by atoms with Gasteiger partial charge in [-0.3, -0.25) is 9.59 Å². The van der Waals surface area contributed by atoms with E-state index in [1.165, 1.54) is 11.0 Å². The molecule has 0 unspecified atom stereocenters. The normalized spacial score (nSPS) is 21.1. The largest absolute Gasteiger partial charge is 0.490 e. The Kier molecular flexibility index (Phi) is 7.88. The lowest BCUT2D eigenvalue weighted by molar-refractivity contribution is -0.154. The van der Waals surface area contributed by atoms with Gasteiger partial charge >= 0.3 is 0 Å². The smallest absolute Gasteiger partial charge is 0.260 e. The van der Waals surface area contributed by atoms with E-state index in [4.69, 9.17) is 21.1 Å². The lowest BCUT2D eigenvalue weighted by atomic mass is 9.96. The number of carbonyl (C=O) groups excluding carboxylic acids is 2. The van der Waals surface area contributed by atoms with Gasteiger partial charge in [-0.2, -0.15) is 0 Å². The summed E-state index contributed by atoms with van der Waals surface area (Å²) in [4.78, 5) is 31.6. The van der Waals surface area contributed by atoms with Gasteiger partial charge in [-0.1, -0.05) is 23.7 Å². The molecular formula is C25H28ClF2N3O4. The Labute approximate surface area is 208 Å². The Hall–Kier alpha value is -2.75. The van der Waals surface area contributed by atoms with E-state index in [0.717, 1.165) is 25.2 Å². The lowest BCUT2D eigenvalue weighted by Gasteiger charge is -2.43. The van der Waals surface area contributed by atoms with Crippen LogP contribution in [0.25, 0.3) is 0 Å². The molecule has 10 heteroatoms. The van der Waals surface area contributed by atoms with Crippen LogP contribution in [0.2, 0.25) is 5.02 Å². The molecule has 0 aliphatic carbocycles. The van der Waals surface area contributed by atoms with Crippen molar-refractivity contribution in [2.45, 2.75) is 12.0 Å². The SMILES string of the molecule is CN1CCN(C(=O)C[C@@]2(COc3cccc(Cl)c3)CN(C(=O)c3c(F)cccc3F)CCO2)CC1. The van der Waals surface area contributed by atoms with Gasteiger partial charge in [0.1, 0.15) is 35.2 Å². The van der Waals surface area contributed by atoms with Crippen LogP contribution in [0, 0.1) is 11.6 Å². The Bertz CT molecular complexity index is 1060. The van der Waals surface area contributed by atoms with Crippen molar-refractivity contribution in [2.24, 2.45) is 0 Å². The van der Waals surface area contributed by atoms with Gasteiger partial charge < -0.3 is 24.2 Å². The number of morpholine rings is 1. The third kappa shape index (κ3) is 6.09. The first-order valence-corrected chi connectivity index (χ1v) is 11.9. The number of carbonyl (C=O) groups is 2. The summed E-state index contributed by atoms with van der Waals surface area (Å²) in [5.74, 6) is -2.30. The standard InChI is InChI=1S/C25H28ClF2N3O4/c1-29-8-10-30(11-9-29)22(32)15-25(17-34-19-5-2-4-18(26)14-19)16-31(12-13-35-25)24(33)23-20(27)6-3-7-21(23)28/h2-7,14H,8-13,15-17H2,1H3/t25-/m0/s1. The van der Waals surface area contributed by atoms with Crippen LogP contribution in [0.4, 0.5) is 8.78 Å². The molecule has 2 aromatic rings. The molecule has 1 atom stereocenters. The second-order valence-electron chi connectivity index (χ2n) is 8.96. The predicted octanol–water partition coefficient (Wildman–Crippen LogP) is 3.07. The average Bonchev–Trinajstić information content (AvgIpc) is 2.83. The van der Waals surface area contributed by atoms with Crippen LogP contribution in [-0.2, 0) is 9.53 Å². The summed E-state index contributed by atoms with van der Waals surface area (Å²) in [5, 5.41) is 0.487. The first-order valence-electron chi connectivity index (χ1n) is 11.5. The number of hydrogen-bond donors (Lipinski definition) is 0. The maximum Gasteiger partial charge on any atom is 0.260 e. The monoisotopic (exact) mass is 507 g/mol. The fourth-order valence-electron chi connectivity index (χ4n) is 4.34. The van der Waals surface area contributed by atoms with E-state index in [0.29, 0.717) is 23.9 Å². The fourth-order valence-corrected chi connectivity index (χ4v) is 4.52. The number of hydrogen-bond acceptors (Lipinski definition) is 5. The van der Waals surface area contributed by atoms with Crippen LogP contribution in [0.5, 0.6) is 5.75 Å². The highest BCUT2D eigenvalue weighted by molar-refractivity contribution is 6.30. The summed E-state index contributed by atoms with van der Waals surface area (Å²) < 4.78 is 40.7. The quantitative estimate of drug-likeness (QED) is 0.601. The summed E-state index contributed by atoms with van der Waals surface area (Å²) in [6.07, 6.45) is -0.0409. The molecule has 0 bridgehead atoms. The maximum atomic E-state index is 14.3. The van der Waals surface area contributed by atoms with Gasteiger partial charge in [-0.25, -0.2) is 8.78 Å². The van der Waals surface area contributed by atoms with Crippen LogP contribution in [0.3, 0.4) is 0 Å². The Balaban J connectivity index is 1.56.